The van der Waals surface area contributed by atoms with Gasteiger partial charge in [0.05, 0.1) is 5.41 Å². The minimum Gasteiger partial charge on any atom is -0.355 e. The van der Waals surface area contributed by atoms with Crippen LogP contribution in [0.5, 0.6) is 0 Å². The fourth-order valence-corrected chi connectivity index (χ4v) is 1.82. The summed E-state index contributed by atoms with van der Waals surface area (Å²) in [5.41, 5.74) is 0.553. The largest absolute Gasteiger partial charge is 0.355 e. The zero-order valence-electron chi connectivity index (χ0n) is 10.5. The molecule has 1 aromatic carbocycles. The van der Waals surface area contributed by atoms with E-state index >= 15 is 0 Å². The number of rotatable bonds is 6. The van der Waals surface area contributed by atoms with E-state index in [2.05, 4.69) is 5.32 Å². The molecule has 1 N–H and O–H groups in total. The Labute approximate surface area is 108 Å². The van der Waals surface area contributed by atoms with Crippen molar-refractivity contribution in [3.63, 3.8) is 0 Å². The Morgan fingerprint density at radius 3 is 2.47 bits per heavy atom. The van der Waals surface area contributed by atoms with Gasteiger partial charge in [-0.25, -0.2) is 0 Å². The number of unbranched alkanes of at least 4 members (excludes halogenated alkanes) is 1. The average molecular weight is 254 g/mol. The van der Waals surface area contributed by atoms with Crippen LogP contribution in [-0.4, -0.2) is 18.3 Å². The maximum atomic E-state index is 12.1. The van der Waals surface area contributed by atoms with Crippen LogP contribution in [0.25, 0.3) is 0 Å². The highest BCUT2D eigenvalue weighted by atomic mass is 35.5. The SMILES string of the molecule is CC(C)(C(=O)NCCCCCl)c1ccccc1. The second kappa shape index (κ2) is 6.65. The van der Waals surface area contributed by atoms with Crippen molar-refractivity contribution in [2.24, 2.45) is 0 Å². The summed E-state index contributed by atoms with van der Waals surface area (Å²) in [6.07, 6.45) is 1.87. The van der Waals surface area contributed by atoms with Crippen LogP contribution < -0.4 is 5.32 Å². The number of nitrogens with one attached hydrogen (secondary N) is 1. The lowest BCUT2D eigenvalue weighted by molar-refractivity contribution is -0.125. The molecule has 0 unspecified atom stereocenters. The molecule has 1 rings (SSSR count). The maximum absolute atomic E-state index is 12.1. The van der Waals surface area contributed by atoms with E-state index in [1.54, 1.807) is 0 Å². The highest BCUT2D eigenvalue weighted by Gasteiger charge is 2.28. The Morgan fingerprint density at radius 1 is 1.24 bits per heavy atom. The van der Waals surface area contributed by atoms with Gasteiger partial charge in [-0.3, -0.25) is 4.79 Å². The van der Waals surface area contributed by atoms with Gasteiger partial charge in [0.1, 0.15) is 0 Å². The normalized spacial score (nSPS) is 11.2. The molecule has 0 aromatic heterocycles. The van der Waals surface area contributed by atoms with E-state index < -0.39 is 5.41 Å². The number of benzene rings is 1. The molecule has 0 fully saturated rings. The van der Waals surface area contributed by atoms with Crippen LogP contribution >= 0.6 is 11.6 Å². The Bertz CT molecular complexity index is 348. The highest BCUT2D eigenvalue weighted by molar-refractivity contribution is 6.17. The summed E-state index contributed by atoms with van der Waals surface area (Å²) >= 11 is 5.59. The molecule has 1 amide bonds. The van der Waals surface area contributed by atoms with Gasteiger partial charge in [-0.2, -0.15) is 0 Å². The molecule has 0 saturated heterocycles. The van der Waals surface area contributed by atoms with Crippen LogP contribution in [0, 0.1) is 0 Å². The Hall–Kier alpha value is -1.02. The topological polar surface area (TPSA) is 29.1 Å². The first-order valence-corrected chi connectivity index (χ1v) is 6.52. The van der Waals surface area contributed by atoms with Crippen LogP contribution in [0.3, 0.4) is 0 Å². The van der Waals surface area contributed by atoms with E-state index in [9.17, 15) is 4.79 Å². The van der Waals surface area contributed by atoms with Crippen molar-refractivity contribution in [1.29, 1.82) is 0 Å². The Balaban J connectivity index is 2.55. The molecule has 0 atom stereocenters. The van der Waals surface area contributed by atoms with Crippen LogP contribution in [0.2, 0.25) is 0 Å². The average Bonchev–Trinajstić information content (AvgIpc) is 2.35. The van der Waals surface area contributed by atoms with Crippen molar-refractivity contribution in [2.75, 3.05) is 12.4 Å². The third kappa shape index (κ3) is 4.04. The molecule has 0 radical (unpaired) electrons. The standard InChI is InChI=1S/C14H20ClNO/c1-14(2,12-8-4-3-5-9-12)13(17)16-11-7-6-10-15/h3-5,8-9H,6-7,10-11H2,1-2H3,(H,16,17). The number of amides is 1. The minimum absolute atomic E-state index is 0.0678. The monoisotopic (exact) mass is 253 g/mol. The first-order chi connectivity index (χ1) is 8.09. The first kappa shape index (κ1) is 14.0. The first-order valence-electron chi connectivity index (χ1n) is 5.99. The number of hydrogen-bond acceptors (Lipinski definition) is 1. The summed E-state index contributed by atoms with van der Waals surface area (Å²) < 4.78 is 0. The summed E-state index contributed by atoms with van der Waals surface area (Å²) in [5.74, 6) is 0.719. The van der Waals surface area contributed by atoms with E-state index in [-0.39, 0.29) is 5.91 Å². The fraction of sp³-hybridized carbons (Fsp3) is 0.500. The summed E-state index contributed by atoms with van der Waals surface area (Å²) in [7, 11) is 0. The third-order valence-corrected chi connectivity index (χ3v) is 3.18. The van der Waals surface area contributed by atoms with Crippen molar-refractivity contribution in [1.82, 2.24) is 5.32 Å². The molecule has 0 saturated carbocycles. The zero-order chi connectivity index (χ0) is 12.7. The zero-order valence-corrected chi connectivity index (χ0v) is 11.3. The van der Waals surface area contributed by atoms with E-state index in [0.29, 0.717) is 12.4 Å². The molecule has 0 spiro atoms. The summed E-state index contributed by atoms with van der Waals surface area (Å²) in [6.45, 7) is 4.58. The fourth-order valence-electron chi connectivity index (χ4n) is 1.63. The van der Waals surface area contributed by atoms with E-state index in [0.717, 1.165) is 18.4 Å². The molecule has 2 nitrogen and oxygen atoms in total. The van der Waals surface area contributed by atoms with Crippen LogP contribution in [0.1, 0.15) is 32.3 Å². The van der Waals surface area contributed by atoms with Gasteiger partial charge in [-0.15, -0.1) is 11.6 Å². The van der Waals surface area contributed by atoms with E-state index in [1.165, 1.54) is 0 Å². The van der Waals surface area contributed by atoms with Crippen molar-refractivity contribution >= 4 is 17.5 Å². The van der Waals surface area contributed by atoms with Crippen LogP contribution in [0.15, 0.2) is 30.3 Å². The number of halogens is 1. The lowest BCUT2D eigenvalue weighted by Gasteiger charge is -2.24. The number of hydrogen-bond donors (Lipinski definition) is 1. The molecule has 1 aromatic rings. The smallest absolute Gasteiger partial charge is 0.230 e. The predicted molar refractivity (Wildman–Crippen MR) is 72.4 cm³/mol. The molecule has 0 aliphatic rings. The van der Waals surface area contributed by atoms with Crippen molar-refractivity contribution in [3.8, 4) is 0 Å². The maximum Gasteiger partial charge on any atom is 0.230 e. The van der Waals surface area contributed by atoms with Gasteiger partial charge in [0.15, 0.2) is 0 Å². The second-order valence-corrected chi connectivity index (χ2v) is 5.02. The van der Waals surface area contributed by atoms with E-state index in [1.807, 2.05) is 44.2 Å². The Morgan fingerprint density at radius 2 is 1.88 bits per heavy atom. The molecule has 0 bridgehead atoms. The molecule has 94 valence electrons. The molecule has 0 aliphatic heterocycles. The number of carbonyl (C=O) groups is 1. The quantitative estimate of drug-likeness (QED) is 0.613. The molecule has 17 heavy (non-hydrogen) atoms. The Kier molecular flexibility index (Phi) is 5.49. The summed E-state index contributed by atoms with van der Waals surface area (Å²) in [5, 5.41) is 2.96. The number of carbonyl (C=O) groups excluding carboxylic acids is 1. The lowest BCUT2D eigenvalue weighted by atomic mass is 9.84. The summed E-state index contributed by atoms with van der Waals surface area (Å²) in [6, 6.07) is 9.84. The molecular formula is C14H20ClNO. The number of alkyl halides is 1. The van der Waals surface area contributed by atoms with Gasteiger partial charge in [0.2, 0.25) is 5.91 Å². The summed E-state index contributed by atoms with van der Waals surface area (Å²) in [4.78, 5) is 12.1. The molecular weight excluding hydrogens is 234 g/mol. The van der Waals surface area contributed by atoms with Crippen molar-refractivity contribution < 1.29 is 4.79 Å². The highest BCUT2D eigenvalue weighted by Crippen LogP contribution is 2.22. The van der Waals surface area contributed by atoms with Gasteiger partial charge >= 0.3 is 0 Å². The minimum atomic E-state index is -0.484. The van der Waals surface area contributed by atoms with Gasteiger partial charge in [-0.05, 0) is 32.3 Å². The van der Waals surface area contributed by atoms with Gasteiger partial charge < -0.3 is 5.32 Å². The molecule has 0 aliphatic carbocycles. The van der Waals surface area contributed by atoms with E-state index in [4.69, 9.17) is 11.6 Å². The van der Waals surface area contributed by atoms with Crippen LogP contribution in [-0.2, 0) is 10.2 Å². The third-order valence-electron chi connectivity index (χ3n) is 2.91. The van der Waals surface area contributed by atoms with Crippen LogP contribution in [0.4, 0.5) is 0 Å². The van der Waals surface area contributed by atoms with Gasteiger partial charge in [-0.1, -0.05) is 30.3 Å². The van der Waals surface area contributed by atoms with Gasteiger partial charge in [0, 0.05) is 12.4 Å². The second-order valence-electron chi connectivity index (χ2n) is 4.64. The van der Waals surface area contributed by atoms with Crippen molar-refractivity contribution in [3.05, 3.63) is 35.9 Å². The van der Waals surface area contributed by atoms with Gasteiger partial charge in [0.25, 0.3) is 0 Å². The molecule has 3 heteroatoms. The lowest BCUT2D eigenvalue weighted by Crippen LogP contribution is -2.40. The molecule has 0 heterocycles. The van der Waals surface area contributed by atoms with Crippen molar-refractivity contribution in [2.45, 2.75) is 32.1 Å². The predicted octanol–water partition coefficient (Wildman–Crippen LogP) is 3.10.